The quantitative estimate of drug-likeness (QED) is 0.334. The first-order valence-corrected chi connectivity index (χ1v) is 10.1. The Morgan fingerprint density at radius 1 is 0.880 bits per heavy atom. The summed E-state index contributed by atoms with van der Waals surface area (Å²) in [6.07, 6.45) is 8.88. The molecule has 0 amide bonds. The van der Waals surface area contributed by atoms with E-state index in [4.69, 9.17) is 0 Å². The van der Waals surface area contributed by atoms with Gasteiger partial charge in [0.1, 0.15) is 0 Å². The van der Waals surface area contributed by atoms with Crippen LogP contribution in [0.15, 0.2) is 71.2 Å². The van der Waals surface area contributed by atoms with Crippen LogP contribution in [-0.4, -0.2) is 6.04 Å². The standard InChI is InChI=1S/C22H14BrNS/c23-18-10-17-16-9-15-13-6-3-4-8-19(13)24-20(15)11-21(16)25-22(17)14-7-2-1-5-12(14)18/h1-11,13,19,24H. The van der Waals surface area contributed by atoms with Crippen LogP contribution in [0.2, 0.25) is 0 Å². The van der Waals surface area contributed by atoms with Crippen molar-refractivity contribution in [1.82, 2.24) is 0 Å². The fourth-order valence-corrected chi connectivity index (χ4v) is 6.06. The first kappa shape index (κ1) is 14.1. The molecular weight excluding hydrogens is 390 g/mol. The van der Waals surface area contributed by atoms with E-state index in [1.54, 1.807) is 0 Å². The van der Waals surface area contributed by atoms with Crippen LogP contribution in [0, 0.1) is 0 Å². The average Bonchev–Trinajstić information content (AvgIpc) is 3.18. The van der Waals surface area contributed by atoms with Crippen LogP contribution in [0.5, 0.6) is 0 Å². The topological polar surface area (TPSA) is 12.0 Å². The van der Waals surface area contributed by atoms with Gasteiger partial charge in [0, 0.05) is 41.6 Å². The summed E-state index contributed by atoms with van der Waals surface area (Å²) in [4.78, 5) is 0. The minimum atomic E-state index is 0.398. The molecule has 1 nitrogen and oxygen atoms in total. The monoisotopic (exact) mass is 403 g/mol. The molecule has 0 saturated heterocycles. The fraction of sp³-hybridized carbons (Fsp3) is 0.0909. The van der Waals surface area contributed by atoms with Crippen LogP contribution in [0.3, 0.4) is 0 Å². The van der Waals surface area contributed by atoms with Crippen molar-refractivity contribution in [3.63, 3.8) is 0 Å². The maximum Gasteiger partial charge on any atom is 0.0551 e. The van der Waals surface area contributed by atoms with Crippen LogP contribution < -0.4 is 5.32 Å². The van der Waals surface area contributed by atoms with Crippen molar-refractivity contribution < 1.29 is 0 Å². The van der Waals surface area contributed by atoms with E-state index in [-0.39, 0.29) is 0 Å². The van der Waals surface area contributed by atoms with E-state index in [0.29, 0.717) is 12.0 Å². The number of hydrogen-bond donors (Lipinski definition) is 1. The molecule has 4 aromatic rings. The summed E-state index contributed by atoms with van der Waals surface area (Å²) < 4.78 is 3.91. The van der Waals surface area contributed by atoms with E-state index in [1.807, 2.05) is 11.3 Å². The Balaban J connectivity index is 1.71. The Bertz CT molecular complexity index is 1250. The Hall–Kier alpha value is -2.10. The van der Waals surface area contributed by atoms with E-state index in [1.165, 1.54) is 46.7 Å². The van der Waals surface area contributed by atoms with Crippen molar-refractivity contribution in [3.8, 4) is 0 Å². The van der Waals surface area contributed by atoms with Gasteiger partial charge in [0.15, 0.2) is 0 Å². The molecule has 1 aromatic heterocycles. The highest BCUT2D eigenvalue weighted by atomic mass is 79.9. The van der Waals surface area contributed by atoms with Gasteiger partial charge in [0.2, 0.25) is 0 Å². The lowest BCUT2D eigenvalue weighted by Crippen LogP contribution is -2.17. The Labute approximate surface area is 157 Å². The number of hydrogen-bond acceptors (Lipinski definition) is 2. The summed E-state index contributed by atoms with van der Waals surface area (Å²) in [7, 11) is 0. The maximum atomic E-state index is 3.78. The second-order valence-electron chi connectivity index (χ2n) is 6.78. The van der Waals surface area contributed by atoms with Gasteiger partial charge in [-0.2, -0.15) is 0 Å². The number of allylic oxidation sites excluding steroid dienone is 2. The molecule has 6 rings (SSSR count). The minimum absolute atomic E-state index is 0.398. The molecule has 3 heteroatoms. The average molecular weight is 404 g/mol. The number of halogens is 1. The van der Waals surface area contributed by atoms with Crippen molar-refractivity contribution >= 4 is 63.9 Å². The summed E-state index contributed by atoms with van der Waals surface area (Å²) in [6, 6.07) is 16.1. The zero-order valence-electron chi connectivity index (χ0n) is 13.3. The number of thiophene rings is 1. The largest absolute Gasteiger partial charge is 0.378 e. The molecule has 120 valence electrons. The van der Waals surface area contributed by atoms with Gasteiger partial charge in [-0.3, -0.25) is 0 Å². The summed E-state index contributed by atoms with van der Waals surface area (Å²) in [6.45, 7) is 0. The molecule has 25 heavy (non-hydrogen) atoms. The van der Waals surface area contributed by atoms with E-state index < -0.39 is 0 Å². The Morgan fingerprint density at radius 2 is 1.72 bits per heavy atom. The van der Waals surface area contributed by atoms with E-state index in [9.17, 15) is 0 Å². The third kappa shape index (κ3) is 1.88. The fourth-order valence-electron chi connectivity index (χ4n) is 4.24. The molecule has 2 aliphatic rings. The van der Waals surface area contributed by atoms with Crippen LogP contribution >= 0.6 is 27.3 Å². The molecule has 0 fully saturated rings. The lowest BCUT2D eigenvalue weighted by atomic mass is 9.91. The molecular formula is C22H14BrNS. The highest BCUT2D eigenvalue weighted by Gasteiger charge is 2.30. The smallest absolute Gasteiger partial charge is 0.0551 e. The molecule has 1 N–H and O–H groups in total. The van der Waals surface area contributed by atoms with Gasteiger partial charge < -0.3 is 5.32 Å². The molecule has 3 aromatic carbocycles. The second-order valence-corrected chi connectivity index (χ2v) is 8.69. The van der Waals surface area contributed by atoms with Crippen LogP contribution in [0.1, 0.15) is 11.5 Å². The summed E-state index contributed by atoms with van der Waals surface area (Å²) in [5, 5.41) is 9.02. The molecule has 0 saturated carbocycles. The van der Waals surface area contributed by atoms with Crippen molar-refractivity contribution in [3.05, 3.63) is 76.8 Å². The number of benzene rings is 3. The Kier molecular flexibility index (Phi) is 2.80. The van der Waals surface area contributed by atoms with Gasteiger partial charge in [-0.05, 0) is 29.1 Å². The lowest BCUT2D eigenvalue weighted by molar-refractivity contribution is 0.806. The number of fused-ring (bicyclic) bond motifs is 8. The van der Waals surface area contributed by atoms with Gasteiger partial charge >= 0.3 is 0 Å². The van der Waals surface area contributed by atoms with Crippen molar-refractivity contribution in [1.29, 1.82) is 0 Å². The number of rotatable bonds is 0. The normalized spacial score (nSPS) is 21.0. The SMILES string of the molecule is Brc1cc2c3cc4c(cc3sc2c2ccccc12)NC1C=CC=CC41. The number of anilines is 1. The summed E-state index contributed by atoms with van der Waals surface area (Å²) in [5.74, 6) is 0.447. The maximum absolute atomic E-state index is 3.78. The summed E-state index contributed by atoms with van der Waals surface area (Å²) in [5.41, 5.74) is 2.70. The van der Waals surface area contributed by atoms with Crippen molar-refractivity contribution in [2.24, 2.45) is 0 Å². The Morgan fingerprint density at radius 3 is 2.64 bits per heavy atom. The van der Waals surface area contributed by atoms with Crippen LogP contribution in [0.4, 0.5) is 5.69 Å². The predicted molar refractivity (Wildman–Crippen MR) is 113 cm³/mol. The van der Waals surface area contributed by atoms with Crippen molar-refractivity contribution in [2.45, 2.75) is 12.0 Å². The highest BCUT2D eigenvalue weighted by Crippen LogP contribution is 2.47. The first-order chi connectivity index (χ1) is 12.3. The van der Waals surface area contributed by atoms with E-state index in [2.05, 4.69) is 88.0 Å². The summed E-state index contributed by atoms with van der Waals surface area (Å²) >= 11 is 5.68. The van der Waals surface area contributed by atoms with Crippen LogP contribution in [-0.2, 0) is 0 Å². The predicted octanol–water partition coefficient (Wildman–Crippen LogP) is 6.97. The zero-order valence-corrected chi connectivity index (χ0v) is 15.7. The van der Waals surface area contributed by atoms with E-state index in [0.717, 1.165) is 0 Å². The van der Waals surface area contributed by atoms with Gasteiger partial charge in [0.05, 0.1) is 6.04 Å². The van der Waals surface area contributed by atoms with Gasteiger partial charge in [-0.15, -0.1) is 11.3 Å². The molecule has 1 aliphatic heterocycles. The third-order valence-corrected chi connectivity index (χ3v) is 7.27. The molecule has 1 aliphatic carbocycles. The molecule has 2 atom stereocenters. The van der Waals surface area contributed by atoms with Gasteiger partial charge in [0.25, 0.3) is 0 Å². The minimum Gasteiger partial charge on any atom is -0.378 e. The number of nitrogens with one attached hydrogen (secondary N) is 1. The van der Waals surface area contributed by atoms with Gasteiger partial charge in [-0.25, -0.2) is 0 Å². The highest BCUT2D eigenvalue weighted by molar-refractivity contribution is 9.10. The third-order valence-electron chi connectivity index (χ3n) is 5.41. The van der Waals surface area contributed by atoms with Crippen LogP contribution in [0.25, 0.3) is 30.9 Å². The second kappa shape index (κ2) is 4.96. The van der Waals surface area contributed by atoms with Gasteiger partial charge in [-0.1, -0.05) is 64.5 Å². The van der Waals surface area contributed by atoms with E-state index >= 15 is 0 Å². The molecule has 0 radical (unpaired) electrons. The lowest BCUT2D eigenvalue weighted by Gasteiger charge is -2.15. The molecule has 0 spiro atoms. The first-order valence-electron chi connectivity index (χ1n) is 8.48. The van der Waals surface area contributed by atoms with Crippen molar-refractivity contribution in [2.75, 3.05) is 5.32 Å². The molecule has 2 unspecified atom stereocenters. The molecule has 0 bridgehead atoms. The molecule has 2 heterocycles. The zero-order chi connectivity index (χ0) is 16.5.